The molecule has 0 fully saturated rings. The Balaban J connectivity index is 2.27. The fraction of sp³-hybridized carbons (Fsp3) is 0.308. The van der Waals surface area contributed by atoms with Crippen molar-refractivity contribution in [2.45, 2.75) is 18.4 Å². The molecular formula is C13H15NOS. The van der Waals surface area contributed by atoms with Gasteiger partial charge in [-0.2, -0.15) is 0 Å². The molecule has 1 heterocycles. The van der Waals surface area contributed by atoms with Gasteiger partial charge in [-0.05, 0) is 31.0 Å². The average molecular weight is 233 g/mol. The minimum Gasteiger partial charge on any atom is -0.396 e. The van der Waals surface area contributed by atoms with E-state index >= 15 is 0 Å². The molecule has 1 aromatic carbocycles. The summed E-state index contributed by atoms with van der Waals surface area (Å²) < 4.78 is 0. The number of aromatic nitrogens is 1. The zero-order valence-corrected chi connectivity index (χ0v) is 10.1. The molecule has 0 aliphatic carbocycles. The van der Waals surface area contributed by atoms with E-state index in [4.69, 9.17) is 5.11 Å². The van der Waals surface area contributed by atoms with Crippen LogP contribution in [0.4, 0.5) is 0 Å². The van der Waals surface area contributed by atoms with Crippen LogP contribution >= 0.6 is 11.8 Å². The summed E-state index contributed by atoms with van der Waals surface area (Å²) in [6.07, 6.45) is 0.818. The van der Waals surface area contributed by atoms with Crippen LogP contribution in [0.2, 0.25) is 0 Å². The minimum absolute atomic E-state index is 0.250. The maximum Gasteiger partial charge on any atom is 0.0970 e. The van der Waals surface area contributed by atoms with E-state index in [-0.39, 0.29) is 6.61 Å². The molecule has 1 N–H and O–H groups in total. The van der Waals surface area contributed by atoms with E-state index in [9.17, 15) is 0 Å². The van der Waals surface area contributed by atoms with Crippen molar-refractivity contribution in [3.05, 3.63) is 35.9 Å². The highest BCUT2D eigenvalue weighted by atomic mass is 32.2. The Morgan fingerprint density at radius 2 is 2.12 bits per heavy atom. The fourth-order valence-corrected chi connectivity index (χ4v) is 2.54. The van der Waals surface area contributed by atoms with E-state index in [1.807, 2.05) is 18.2 Å². The fourth-order valence-electron chi connectivity index (χ4n) is 1.63. The Morgan fingerprint density at radius 1 is 1.31 bits per heavy atom. The number of fused-ring (bicyclic) bond motifs is 1. The van der Waals surface area contributed by atoms with Crippen molar-refractivity contribution in [2.24, 2.45) is 0 Å². The van der Waals surface area contributed by atoms with Gasteiger partial charge in [0.2, 0.25) is 0 Å². The van der Waals surface area contributed by atoms with Crippen LogP contribution in [0.3, 0.4) is 0 Å². The zero-order valence-electron chi connectivity index (χ0n) is 9.31. The highest BCUT2D eigenvalue weighted by molar-refractivity contribution is 7.99. The number of hydrogen-bond donors (Lipinski definition) is 1. The van der Waals surface area contributed by atoms with Gasteiger partial charge in [0.1, 0.15) is 0 Å². The van der Waals surface area contributed by atoms with Crippen molar-refractivity contribution in [3.8, 4) is 0 Å². The molecule has 0 saturated carbocycles. The maximum absolute atomic E-state index is 8.74. The number of aryl methyl sites for hydroxylation is 1. The van der Waals surface area contributed by atoms with Crippen LogP contribution in [0.25, 0.3) is 10.9 Å². The van der Waals surface area contributed by atoms with Crippen LogP contribution < -0.4 is 0 Å². The summed E-state index contributed by atoms with van der Waals surface area (Å²) in [5.74, 6) is 0.918. The van der Waals surface area contributed by atoms with Crippen LogP contribution in [0.15, 0.2) is 35.4 Å². The first kappa shape index (κ1) is 11.4. The molecule has 0 spiro atoms. The quantitative estimate of drug-likeness (QED) is 0.651. The molecule has 2 aromatic rings. The number of rotatable bonds is 4. The number of hydrogen-bond acceptors (Lipinski definition) is 3. The Morgan fingerprint density at radius 3 is 2.94 bits per heavy atom. The molecule has 16 heavy (non-hydrogen) atoms. The lowest BCUT2D eigenvalue weighted by Crippen LogP contribution is -1.90. The average Bonchev–Trinajstić information content (AvgIpc) is 2.30. The van der Waals surface area contributed by atoms with Crippen molar-refractivity contribution in [1.82, 2.24) is 4.98 Å². The summed E-state index contributed by atoms with van der Waals surface area (Å²) >= 11 is 1.70. The summed E-state index contributed by atoms with van der Waals surface area (Å²) in [6.45, 7) is 2.36. The minimum atomic E-state index is 0.250. The first-order valence-electron chi connectivity index (χ1n) is 5.41. The highest BCUT2D eigenvalue weighted by Crippen LogP contribution is 2.23. The van der Waals surface area contributed by atoms with Crippen LogP contribution in [0.5, 0.6) is 0 Å². The molecule has 0 atom stereocenters. The van der Waals surface area contributed by atoms with Gasteiger partial charge in [0, 0.05) is 17.7 Å². The van der Waals surface area contributed by atoms with Crippen molar-refractivity contribution in [2.75, 3.05) is 12.4 Å². The molecule has 0 bridgehead atoms. The summed E-state index contributed by atoms with van der Waals surface area (Å²) in [5.41, 5.74) is 2.31. The predicted molar refractivity (Wildman–Crippen MR) is 68.9 cm³/mol. The van der Waals surface area contributed by atoms with Gasteiger partial charge in [-0.1, -0.05) is 18.2 Å². The standard InChI is InChI=1S/C13H15NOS/c1-10-9-13(16-8-4-7-15)14-12-6-3-2-5-11(10)12/h2-3,5-6,9,15H,4,7-8H2,1H3. The van der Waals surface area contributed by atoms with Gasteiger partial charge in [0.15, 0.2) is 0 Å². The SMILES string of the molecule is Cc1cc(SCCCO)nc2ccccc12. The number of benzene rings is 1. The molecule has 0 radical (unpaired) electrons. The van der Waals surface area contributed by atoms with Gasteiger partial charge >= 0.3 is 0 Å². The van der Waals surface area contributed by atoms with Crippen molar-refractivity contribution >= 4 is 22.7 Å². The van der Waals surface area contributed by atoms with Crippen LogP contribution in [-0.4, -0.2) is 22.5 Å². The lowest BCUT2D eigenvalue weighted by Gasteiger charge is -2.05. The third-order valence-corrected chi connectivity index (χ3v) is 3.45. The summed E-state index contributed by atoms with van der Waals surface area (Å²) in [5, 5.41) is 11.0. The Kier molecular flexibility index (Phi) is 3.80. The Hall–Kier alpha value is -1.06. The second-order valence-electron chi connectivity index (χ2n) is 3.72. The van der Waals surface area contributed by atoms with Gasteiger partial charge in [-0.25, -0.2) is 4.98 Å². The van der Waals surface area contributed by atoms with Gasteiger partial charge < -0.3 is 5.11 Å². The zero-order chi connectivity index (χ0) is 11.4. The predicted octanol–water partition coefficient (Wildman–Crippen LogP) is 3.02. The third kappa shape index (κ3) is 2.54. The van der Waals surface area contributed by atoms with E-state index in [0.717, 1.165) is 22.7 Å². The molecule has 0 aliphatic rings. The number of para-hydroxylation sites is 1. The van der Waals surface area contributed by atoms with E-state index in [2.05, 4.69) is 24.0 Å². The van der Waals surface area contributed by atoms with E-state index in [1.54, 1.807) is 11.8 Å². The van der Waals surface area contributed by atoms with Crippen LogP contribution in [-0.2, 0) is 0 Å². The van der Waals surface area contributed by atoms with Gasteiger partial charge in [0.25, 0.3) is 0 Å². The molecule has 0 unspecified atom stereocenters. The number of nitrogens with zero attached hydrogens (tertiary/aromatic N) is 1. The molecule has 84 valence electrons. The van der Waals surface area contributed by atoms with Gasteiger partial charge in [-0.15, -0.1) is 11.8 Å². The first-order valence-corrected chi connectivity index (χ1v) is 6.40. The molecule has 0 amide bonds. The lowest BCUT2D eigenvalue weighted by atomic mass is 10.1. The molecule has 0 aliphatic heterocycles. The number of aliphatic hydroxyl groups excluding tert-OH is 1. The Bertz CT molecular complexity index is 484. The smallest absolute Gasteiger partial charge is 0.0970 e. The highest BCUT2D eigenvalue weighted by Gasteiger charge is 2.02. The van der Waals surface area contributed by atoms with Crippen LogP contribution in [0.1, 0.15) is 12.0 Å². The summed E-state index contributed by atoms with van der Waals surface area (Å²) in [4.78, 5) is 4.59. The number of aliphatic hydroxyl groups is 1. The second kappa shape index (κ2) is 5.32. The molecule has 2 rings (SSSR count). The number of thioether (sulfide) groups is 1. The maximum atomic E-state index is 8.74. The molecular weight excluding hydrogens is 218 g/mol. The monoisotopic (exact) mass is 233 g/mol. The van der Waals surface area contributed by atoms with E-state index < -0.39 is 0 Å². The van der Waals surface area contributed by atoms with Crippen LogP contribution in [0, 0.1) is 6.92 Å². The van der Waals surface area contributed by atoms with Gasteiger partial charge in [0.05, 0.1) is 10.5 Å². The second-order valence-corrected chi connectivity index (χ2v) is 4.84. The Labute approximate surface area is 99.7 Å². The number of pyridine rings is 1. The van der Waals surface area contributed by atoms with E-state index in [1.165, 1.54) is 10.9 Å². The molecule has 3 heteroatoms. The lowest BCUT2D eigenvalue weighted by molar-refractivity contribution is 0.296. The topological polar surface area (TPSA) is 33.1 Å². The van der Waals surface area contributed by atoms with Crippen molar-refractivity contribution in [1.29, 1.82) is 0 Å². The normalized spacial score (nSPS) is 10.9. The summed E-state index contributed by atoms with van der Waals surface area (Å²) in [6, 6.07) is 10.3. The molecule has 0 saturated heterocycles. The first-order chi connectivity index (χ1) is 7.81. The van der Waals surface area contributed by atoms with Crippen molar-refractivity contribution in [3.63, 3.8) is 0 Å². The molecule has 2 nitrogen and oxygen atoms in total. The van der Waals surface area contributed by atoms with E-state index in [0.29, 0.717) is 0 Å². The van der Waals surface area contributed by atoms with Crippen molar-refractivity contribution < 1.29 is 5.11 Å². The summed E-state index contributed by atoms with van der Waals surface area (Å²) in [7, 11) is 0. The third-order valence-electron chi connectivity index (χ3n) is 2.45. The molecule has 1 aromatic heterocycles. The van der Waals surface area contributed by atoms with Gasteiger partial charge in [-0.3, -0.25) is 0 Å². The largest absolute Gasteiger partial charge is 0.396 e.